The van der Waals surface area contributed by atoms with E-state index in [0.717, 1.165) is 10.4 Å². The highest BCUT2D eigenvalue weighted by molar-refractivity contribution is 7.94. The Labute approximate surface area is 138 Å². The fourth-order valence-electron chi connectivity index (χ4n) is 2.52. The van der Waals surface area contributed by atoms with Gasteiger partial charge in [-0.05, 0) is 31.9 Å². The summed E-state index contributed by atoms with van der Waals surface area (Å²) in [5.41, 5.74) is 1.77. The van der Waals surface area contributed by atoms with Gasteiger partial charge in [0, 0.05) is 24.9 Å². The van der Waals surface area contributed by atoms with Gasteiger partial charge in [-0.15, -0.1) is 11.3 Å². The predicted molar refractivity (Wildman–Crippen MR) is 85.9 cm³/mol. The number of aromatic nitrogens is 1. The highest BCUT2D eigenvalue weighted by Crippen LogP contribution is 2.32. The van der Waals surface area contributed by atoms with Gasteiger partial charge in [-0.3, -0.25) is 9.52 Å². The summed E-state index contributed by atoms with van der Waals surface area (Å²) in [6.45, 7) is 5.94. The molecule has 0 unspecified atom stereocenters. The molecule has 0 aromatic carbocycles. The fourth-order valence-corrected chi connectivity index (χ4v) is 5.24. The van der Waals surface area contributed by atoms with Gasteiger partial charge in [-0.2, -0.15) is 0 Å². The largest absolute Gasteiger partial charge is 0.359 e. The number of fused-ring (bicyclic) bond motifs is 1. The number of thiophene rings is 1. The lowest BCUT2D eigenvalue weighted by atomic mass is 10.1. The SMILES string of the molecule is CC(=O)N1CCc2sc(S(=O)(=O)Nc3c(C)noc3C)cc2C1. The smallest absolute Gasteiger partial charge is 0.271 e. The molecule has 1 amide bonds. The monoisotopic (exact) mass is 355 g/mol. The van der Waals surface area contributed by atoms with E-state index in [9.17, 15) is 13.2 Å². The maximum atomic E-state index is 12.6. The van der Waals surface area contributed by atoms with Crippen molar-refractivity contribution in [2.24, 2.45) is 0 Å². The summed E-state index contributed by atoms with van der Waals surface area (Å²) in [5.74, 6) is 0.426. The summed E-state index contributed by atoms with van der Waals surface area (Å²) in [6, 6.07) is 1.65. The van der Waals surface area contributed by atoms with Crippen molar-refractivity contribution in [3.8, 4) is 0 Å². The number of aryl methyl sites for hydroxylation is 2. The Balaban J connectivity index is 1.89. The summed E-state index contributed by atoms with van der Waals surface area (Å²) in [5, 5.41) is 3.75. The van der Waals surface area contributed by atoms with Gasteiger partial charge in [0.05, 0.1) is 0 Å². The number of hydrogen-bond donors (Lipinski definition) is 1. The first-order chi connectivity index (χ1) is 10.8. The van der Waals surface area contributed by atoms with Crippen LogP contribution in [0.5, 0.6) is 0 Å². The standard InChI is InChI=1S/C14H17N3O4S2/c1-8-14(9(2)21-15-8)16-23(19,20)13-6-11-7-17(10(3)18)5-4-12(11)22-13/h6,16H,4-5,7H2,1-3H3. The van der Waals surface area contributed by atoms with Crippen molar-refractivity contribution < 1.29 is 17.7 Å². The van der Waals surface area contributed by atoms with Crippen molar-refractivity contribution in [3.05, 3.63) is 28.0 Å². The molecule has 3 heterocycles. The quantitative estimate of drug-likeness (QED) is 0.910. The van der Waals surface area contributed by atoms with Crippen LogP contribution in [-0.4, -0.2) is 30.9 Å². The van der Waals surface area contributed by atoms with Crippen molar-refractivity contribution >= 4 is 33.0 Å². The molecule has 9 heteroatoms. The summed E-state index contributed by atoms with van der Waals surface area (Å²) in [6.07, 6.45) is 0.681. The average molecular weight is 355 g/mol. The minimum atomic E-state index is -3.69. The maximum absolute atomic E-state index is 12.6. The van der Waals surface area contributed by atoms with Crippen LogP contribution in [-0.2, 0) is 27.8 Å². The molecule has 23 heavy (non-hydrogen) atoms. The van der Waals surface area contributed by atoms with Crippen LogP contribution in [0.4, 0.5) is 5.69 Å². The number of sulfonamides is 1. The number of carbonyl (C=O) groups is 1. The molecule has 2 aromatic heterocycles. The van der Waals surface area contributed by atoms with E-state index in [4.69, 9.17) is 4.52 Å². The van der Waals surface area contributed by atoms with Crippen molar-refractivity contribution in [1.82, 2.24) is 10.1 Å². The van der Waals surface area contributed by atoms with Crippen LogP contribution in [0, 0.1) is 13.8 Å². The first-order valence-corrected chi connectivity index (χ1v) is 9.40. The molecule has 1 aliphatic heterocycles. The van der Waals surface area contributed by atoms with Gasteiger partial charge in [-0.1, -0.05) is 5.16 Å². The third-order valence-electron chi connectivity index (χ3n) is 3.82. The molecule has 3 rings (SSSR count). The molecule has 1 N–H and O–H groups in total. The number of anilines is 1. The number of carbonyl (C=O) groups excluding carboxylic acids is 1. The normalized spacial score (nSPS) is 14.7. The second-order valence-corrected chi connectivity index (χ2v) is 8.56. The summed E-state index contributed by atoms with van der Waals surface area (Å²) >= 11 is 1.25. The van der Waals surface area contributed by atoms with Crippen molar-refractivity contribution in [3.63, 3.8) is 0 Å². The molecule has 1 aliphatic rings. The van der Waals surface area contributed by atoms with Gasteiger partial charge < -0.3 is 9.42 Å². The molecule has 124 valence electrons. The van der Waals surface area contributed by atoms with Crippen molar-refractivity contribution in [1.29, 1.82) is 0 Å². The number of hydrogen-bond acceptors (Lipinski definition) is 6. The zero-order valence-corrected chi connectivity index (χ0v) is 14.7. The van der Waals surface area contributed by atoms with Gasteiger partial charge in [0.1, 0.15) is 15.6 Å². The molecule has 0 saturated heterocycles. The minimum Gasteiger partial charge on any atom is -0.359 e. The lowest BCUT2D eigenvalue weighted by molar-refractivity contribution is -0.129. The van der Waals surface area contributed by atoms with Crippen LogP contribution >= 0.6 is 11.3 Å². The van der Waals surface area contributed by atoms with Crippen LogP contribution in [0.25, 0.3) is 0 Å². The summed E-state index contributed by atoms with van der Waals surface area (Å²) in [4.78, 5) is 14.2. The number of rotatable bonds is 3. The predicted octanol–water partition coefficient (Wildman–Crippen LogP) is 2.06. The topological polar surface area (TPSA) is 92.5 Å². The molecule has 0 spiro atoms. The average Bonchev–Trinajstić information content (AvgIpc) is 3.05. The minimum absolute atomic E-state index is 0.0000956. The van der Waals surface area contributed by atoms with Crippen LogP contribution < -0.4 is 4.72 Å². The molecule has 0 aliphatic carbocycles. The first-order valence-electron chi connectivity index (χ1n) is 7.10. The Morgan fingerprint density at radius 3 is 2.78 bits per heavy atom. The van der Waals surface area contributed by atoms with E-state index < -0.39 is 10.0 Å². The highest BCUT2D eigenvalue weighted by Gasteiger charge is 2.26. The molecule has 0 atom stereocenters. The zero-order chi connectivity index (χ0) is 16.8. The molecule has 2 aromatic rings. The third kappa shape index (κ3) is 2.98. The van der Waals surface area contributed by atoms with E-state index in [1.54, 1.807) is 24.8 Å². The Morgan fingerprint density at radius 2 is 2.17 bits per heavy atom. The van der Waals surface area contributed by atoms with Crippen LogP contribution in [0.15, 0.2) is 14.8 Å². The lowest BCUT2D eigenvalue weighted by Gasteiger charge is -2.25. The van der Waals surface area contributed by atoms with E-state index in [1.165, 1.54) is 18.3 Å². The first kappa shape index (κ1) is 16.0. The highest BCUT2D eigenvalue weighted by atomic mass is 32.2. The molecule has 0 fully saturated rings. The molecular weight excluding hydrogens is 338 g/mol. The van der Waals surface area contributed by atoms with E-state index in [0.29, 0.717) is 36.7 Å². The summed E-state index contributed by atoms with van der Waals surface area (Å²) < 4.78 is 32.9. The second-order valence-electron chi connectivity index (χ2n) is 5.51. The van der Waals surface area contributed by atoms with Crippen LogP contribution in [0.3, 0.4) is 0 Å². The number of nitrogens with zero attached hydrogens (tertiary/aromatic N) is 2. The van der Waals surface area contributed by atoms with Crippen LogP contribution in [0.2, 0.25) is 0 Å². The maximum Gasteiger partial charge on any atom is 0.271 e. The lowest BCUT2D eigenvalue weighted by Crippen LogP contribution is -2.33. The third-order valence-corrected chi connectivity index (χ3v) is 6.88. The van der Waals surface area contributed by atoms with E-state index in [2.05, 4.69) is 9.88 Å². The zero-order valence-electron chi connectivity index (χ0n) is 13.0. The Kier molecular flexibility index (Phi) is 3.93. The fraction of sp³-hybridized carbons (Fsp3) is 0.429. The molecule has 0 bridgehead atoms. The second kappa shape index (κ2) is 5.64. The Morgan fingerprint density at radius 1 is 1.43 bits per heavy atom. The van der Waals surface area contributed by atoms with Gasteiger partial charge in [0.25, 0.3) is 10.0 Å². The van der Waals surface area contributed by atoms with Crippen molar-refractivity contribution in [2.45, 2.75) is 37.9 Å². The van der Waals surface area contributed by atoms with Gasteiger partial charge in [0.2, 0.25) is 5.91 Å². The summed E-state index contributed by atoms with van der Waals surface area (Å²) in [7, 11) is -3.69. The Hall–Kier alpha value is -1.87. The number of nitrogens with one attached hydrogen (secondary N) is 1. The van der Waals surface area contributed by atoms with E-state index >= 15 is 0 Å². The molecule has 7 nitrogen and oxygen atoms in total. The van der Waals surface area contributed by atoms with Crippen molar-refractivity contribution in [2.75, 3.05) is 11.3 Å². The molecule has 0 radical (unpaired) electrons. The van der Waals surface area contributed by atoms with E-state index in [-0.39, 0.29) is 10.1 Å². The van der Waals surface area contributed by atoms with Gasteiger partial charge in [0.15, 0.2) is 5.76 Å². The molecular formula is C14H17N3O4S2. The van der Waals surface area contributed by atoms with Crippen LogP contribution in [0.1, 0.15) is 28.8 Å². The number of amides is 1. The Bertz CT molecular complexity index is 847. The van der Waals surface area contributed by atoms with Gasteiger partial charge in [-0.25, -0.2) is 8.42 Å². The van der Waals surface area contributed by atoms with E-state index in [1.807, 2.05) is 0 Å². The van der Waals surface area contributed by atoms with Gasteiger partial charge >= 0.3 is 0 Å². The molecule has 0 saturated carbocycles.